The summed E-state index contributed by atoms with van der Waals surface area (Å²) < 4.78 is 27.1. The highest BCUT2D eigenvalue weighted by molar-refractivity contribution is 7.89. The lowest BCUT2D eigenvalue weighted by molar-refractivity contribution is 0.0954. The summed E-state index contributed by atoms with van der Waals surface area (Å²) in [6.45, 7) is 0.585. The molecule has 3 rings (SSSR count). The van der Waals surface area contributed by atoms with Gasteiger partial charge < -0.3 is 5.32 Å². The first-order valence-corrected chi connectivity index (χ1v) is 10.1. The Morgan fingerprint density at radius 1 is 1.21 bits per heavy atom. The van der Waals surface area contributed by atoms with E-state index in [1.54, 1.807) is 12.1 Å². The number of sulfonamides is 1. The van der Waals surface area contributed by atoms with Crippen LogP contribution in [0.5, 0.6) is 0 Å². The Balaban J connectivity index is 1.58. The Hall–Kier alpha value is -1.66. The number of rotatable bonds is 7. The van der Waals surface area contributed by atoms with E-state index in [1.165, 1.54) is 30.5 Å². The van der Waals surface area contributed by atoms with Crippen molar-refractivity contribution >= 4 is 15.9 Å². The molecular formula is C18H24N2O3S. The van der Waals surface area contributed by atoms with E-state index in [-0.39, 0.29) is 16.8 Å². The molecule has 0 unspecified atom stereocenters. The molecule has 0 radical (unpaired) electrons. The van der Waals surface area contributed by atoms with Crippen LogP contribution in [0.4, 0.5) is 0 Å². The fourth-order valence-electron chi connectivity index (χ4n) is 2.86. The lowest BCUT2D eigenvalue weighted by Crippen LogP contribution is -2.27. The van der Waals surface area contributed by atoms with Crippen molar-refractivity contribution in [2.45, 2.75) is 55.9 Å². The number of carbonyl (C=O) groups is 1. The zero-order valence-corrected chi connectivity index (χ0v) is 14.6. The van der Waals surface area contributed by atoms with E-state index in [1.807, 2.05) is 0 Å². The van der Waals surface area contributed by atoms with Crippen LogP contribution in [-0.4, -0.2) is 26.9 Å². The molecule has 0 aliphatic heterocycles. The van der Waals surface area contributed by atoms with Crippen LogP contribution in [0.15, 0.2) is 40.8 Å². The summed E-state index contributed by atoms with van der Waals surface area (Å²) in [5.41, 5.74) is 1.79. The summed E-state index contributed by atoms with van der Waals surface area (Å²) in [5.74, 6) is -0.227. The molecule has 2 N–H and O–H groups in total. The van der Waals surface area contributed by atoms with Gasteiger partial charge in [0.2, 0.25) is 10.0 Å². The number of amides is 1. The molecule has 0 heterocycles. The number of hydrogen-bond acceptors (Lipinski definition) is 3. The fourth-order valence-corrected chi connectivity index (χ4v) is 4.21. The second kappa shape index (κ2) is 7.49. The zero-order chi connectivity index (χ0) is 17.0. The van der Waals surface area contributed by atoms with Crippen LogP contribution in [-0.2, 0) is 10.0 Å². The van der Waals surface area contributed by atoms with E-state index in [0.717, 1.165) is 32.1 Å². The second-order valence-electron chi connectivity index (χ2n) is 6.54. The molecule has 0 aromatic heterocycles. The van der Waals surface area contributed by atoms with Gasteiger partial charge in [0.25, 0.3) is 5.91 Å². The maximum atomic E-state index is 12.3. The van der Waals surface area contributed by atoms with Crippen molar-refractivity contribution < 1.29 is 13.2 Å². The SMILES string of the molecule is O=C(NCCC1=CCCCC1)c1cccc(S(=O)(=O)NC2CC2)c1. The van der Waals surface area contributed by atoms with Crippen molar-refractivity contribution in [2.75, 3.05) is 6.54 Å². The first kappa shape index (κ1) is 17.2. The minimum absolute atomic E-state index is 0.0521. The van der Waals surface area contributed by atoms with Gasteiger partial charge in [-0.15, -0.1) is 0 Å². The summed E-state index contributed by atoms with van der Waals surface area (Å²) in [7, 11) is -3.53. The van der Waals surface area contributed by atoms with Crippen molar-refractivity contribution in [3.63, 3.8) is 0 Å². The molecule has 0 spiro atoms. The molecule has 0 saturated heterocycles. The molecule has 1 amide bonds. The molecule has 1 saturated carbocycles. The third-order valence-corrected chi connectivity index (χ3v) is 5.94. The molecular weight excluding hydrogens is 324 g/mol. The Morgan fingerprint density at radius 2 is 2.04 bits per heavy atom. The van der Waals surface area contributed by atoms with E-state index in [4.69, 9.17) is 0 Å². The van der Waals surface area contributed by atoms with Gasteiger partial charge >= 0.3 is 0 Å². The van der Waals surface area contributed by atoms with E-state index in [0.29, 0.717) is 12.1 Å². The Morgan fingerprint density at radius 3 is 2.75 bits per heavy atom. The highest BCUT2D eigenvalue weighted by Crippen LogP contribution is 2.22. The molecule has 24 heavy (non-hydrogen) atoms. The summed E-state index contributed by atoms with van der Waals surface area (Å²) in [5, 5.41) is 2.88. The highest BCUT2D eigenvalue weighted by atomic mass is 32.2. The third kappa shape index (κ3) is 4.68. The Bertz CT molecular complexity index is 736. The quantitative estimate of drug-likeness (QED) is 0.744. The number of allylic oxidation sites excluding steroid dienone is 1. The van der Waals surface area contributed by atoms with E-state index in [9.17, 15) is 13.2 Å². The molecule has 1 aromatic rings. The van der Waals surface area contributed by atoms with E-state index < -0.39 is 10.0 Å². The highest BCUT2D eigenvalue weighted by Gasteiger charge is 2.28. The molecule has 6 heteroatoms. The first-order chi connectivity index (χ1) is 11.5. The predicted molar refractivity (Wildman–Crippen MR) is 93.3 cm³/mol. The Labute approximate surface area is 143 Å². The molecule has 1 fully saturated rings. The number of nitrogens with one attached hydrogen (secondary N) is 2. The molecule has 1 aromatic carbocycles. The van der Waals surface area contributed by atoms with Crippen LogP contribution in [0.3, 0.4) is 0 Å². The van der Waals surface area contributed by atoms with Gasteiger partial charge in [-0.05, 0) is 63.1 Å². The maximum absolute atomic E-state index is 12.3. The van der Waals surface area contributed by atoms with Gasteiger partial charge in [-0.3, -0.25) is 4.79 Å². The Kier molecular flexibility index (Phi) is 5.36. The van der Waals surface area contributed by atoms with Gasteiger partial charge in [-0.2, -0.15) is 0 Å². The summed E-state index contributed by atoms with van der Waals surface area (Å²) >= 11 is 0. The van der Waals surface area contributed by atoms with Crippen LogP contribution < -0.4 is 10.0 Å². The average molecular weight is 348 g/mol. The minimum atomic E-state index is -3.53. The molecule has 0 bridgehead atoms. The lowest BCUT2D eigenvalue weighted by atomic mass is 9.97. The summed E-state index contributed by atoms with van der Waals surface area (Å²) in [4.78, 5) is 12.4. The van der Waals surface area contributed by atoms with Crippen molar-refractivity contribution in [3.8, 4) is 0 Å². The zero-order valence-electron chi connectivity index (χ0n) is 13.8. The number of benzene rings is 1. The second-order valence-corrected chi connectivity index (χ2v) is 8.25. The van der Waals surface area contributed by atoms with E-state index >= 15 is 0 Å². The first-order valence-electron chi connectivity index (χ1n) is 8.63. The normalized spacial score (nSPS) is 18.1. The molecule has 130 valence electrons. The van der Waals surface area contributed by atoms with Gasteiger partial charge in [-0.25, -0.2) is 13.1 Å². The number of hydrogen-bond donors (Lipinski definition) is 2. The monoisotopic (exact) mass is 348 g/mol. The van der Waals surface area contributed by atoms with Crippen LogP contribution in [0, 0.1) is 0 Å². The maximum Gasteiger partial charge on any atom is 0.251 e. The average Bonchev–Trinajstić information content (AvgIpc) is 3.39. The van der Waals surface area contributed by atoms with Crippen molar-refractivity contribution in [1.82, 2.24) is 10.0 Å². The largest absolute Gasteiger partial charge is 0.352 e. The number of carbonyl (C=O) groups excluding carboxylic acids is 1. The van der Waals surface area contributed by atoms with Crippen LogP contribution in [0.1, 0.15) is 55.3 Å². The molecule has 5 nitrogen and oxygen atoms in total. The predicted octanol–water partition coefficient (Wildman–Crippen LogP) is 2.75. The minimum Gasteiger partial charge on any atom is -0.352 e. The molecule has 2 aliphatic rings. The summed E-state index contributed by atoms with van der Waals surface area (Å²) in [6, 6.07) is 6.27. The van der Waals surface area contributed by atoms with Gasteiger partial charge in [-0.1, -0.05) is 17.7 Å². The van der Waals surface area contributed by atoms with Gasteiger partial charge in [0.15, 0.2) is 0 Å². The van der Waals surface area contributed by atoms with Crippen molar-refractivity contribution in [3.05, 3.63) is 41.5 Å². The van der Waals surface area contributed by atoms with Gasteiger partial charge in [0, 0.05) is 18.2 Å². The van der Waals surface area contributed by atoms with Crippen LogP contribution in [0.2, 0.25) is 0 Å². The van der Waals surface area contributed by atoms with Crippen LogP contribution >= 0.6 is 0 Å². The third-order valence-electron chi connectivity index (χ3n) is 4.42. The van der Waals surface area contributed by atoms with Gasteiger partial charge in [0.1, 0.15) is 0 Å². The van der Waals surface area contributed by atoms with Crippen molar-refractivity contribution in [2.24, 2.45) is 0 Å². The smallest absolute Gasteiger partial charge is 0.251 e. The molecule has 0 atom stereocenters. The van der Waals surface area contributed by atoms with Gasteiger partial charge in [0.05, 0.1) is 4.90 Å². The summed E-state index contributed by atoms with van der Waals surface area (Å²) in [6.07, 6.45) is 9.65. The molecule has 2 aliphatic carbocycles. The topological polar surface area (TPSA) is 75.3 Å². The van der Waals surface area contributed by atoms with E-state index in [2.05, 4.69) is 16.1 Å². The lowest BCUT2D eigenvalue weighted by Gasteiger charge is -2.13. The van der Waals surface area contributed by atoms with Crippen molar-refractivity contribution in [1.29, 1.82) is 0 Å². The van der Waals surface area contributed by atoms with Crippen LogP contribution in [0.25, 0.3) is 0 Å². The fraction of sp³-hybridized carbons (Fsp3) is 0.500. The standard InChI is InChI=1S/C18H24N2O3S/c21-18(19-12-11-14-5-2-1-3-6-14)15-7-4-8-17(13-15)24(22,23)20-16-9-10-16/h4-5,7-8,13,16,20H,1-3,6,9-12H2,(H,19,21).